The highest BCUT2D eigenvalue weighted by molar-refractivity contribution is 7.99. The number of rotatable bonds is 8. The Labute approximate surface area is 178 Å². The quantitative estimate of drug-likeness (QED) is 0.519. The van der Waals surface area contributed by atoms with Crippen LogP contribution in [0.3, 0.4) is 0 Å². The van der Waals surface area contributed by atoms with Crippen molar-refractivity contribution in [1.82, 2.24) is 20.1 Å². The first-order valence-corrected chi connectivity index (χ1v) is 10.6. The van der Waals surface area contributed by atoms with Gasteiger partial charge in [-0.2, -0.15) is 0 Å². The number of thioether (sulfide) groups is 1. The minimum absolute atomic E-state index is 0.124. The van der Waals surface area contributed by atoms with E-state index in [1.165, 1.54) is 17.8 Å². The molecule has 1 amide bonds. The van der Waals surface area contributed by atoms with Gasteiger partial charge >= 0.3 is 0 Å². The first-order chi connectivity index (χ1) is 13.9. The van der Waals surface area contributed by atoms with E-state index in [0.717, 1.165) is 5.56 Å². The maximum absolute atomic E-state index is 14.2. The van der Waals surface area contributed by atoms with Crippen molar-refractivity contribution in [3.05, 3.63) is 64.9 Å². The van der Waals surface area contributed by atoms with Gasteiger partial charge in [-0.15, -0.1) is 10.2 Å². The monoisotopic (exact) mass is 432 g/mol. The summed E-state index contributed by atoms with van der Waals surface area (Å²) in [5, 5.41) is 12.5. The molecule has 0 spiro atoms. The smallest absolute Gasteiger partial charge is 0.230 e. The van der Waals surface area contributed by atoms with E-state index in [9.17, 15) is 9.18 Å². The molecule has 1 aromatic heterocycles. The second-order valence-electron chi connectivity index (χ2n) is 6.99. The van der Waals surface area contributed by atoms with Crippen molar-refractivity contribution >= 4 is 29.3 Å². The molecule has 0 atom stereocenters. The number of hydrogen-bond acceptors (Lipinski definition) is 4. The molecule has 1 heterocycles. The fraction of sp³-hybridized carbons (Fsp3) is 0.286. The predicted molar refractivity (Wildman–Crippen MR) is 114 cm³/mol. The van der Waals surface area contributed by atoms with Crippen LogP contribution in [-0.2, 0) is 17.9 Å². The van der Waals surface area contributed by atoms with Crippen LogP contribution in [0.4, 0.5) is 4.39 Å². The fourth-order valence-corrected chi connectivity index (χ4v) is 3.79. The van der Waals surface area contributed by atoms with Crippen molar-refractivity contribution in [2.24, 2.45) is 5.92 Å². The van der Waals surface area contributed by atoms with Crippen molar-refractivity contribution in [3.8, 4) is 11.4 Å². The highest BCUT2D eigenvalue weighted by Crippen LogP contribution is 2.26. The number of halogens is 2. The van der Waals surface area contributed by atoms with Gasteiger partial charge in [-0.25, -0.2) is 4.39 Å². The standard InChI is InChI=1S/C21H22ClFN4OS/c1-14(2)12-27-20(17-8-3-4-9-18(17)23)25-26-21(27)29-13-19(28)24-11-15-6-5-7-16(22)10-15/h3-10,14H,11-13H2,1-2H3,(H,24,28). The van der Waals surface area contributed by atoms with Crippen molar-refractivity contribution in [3.63, 3.8) is 0 Å². The number of aromatic nitrogens is 3. The Morgan fingerprint density at radius 3 is 2.72 bits per heavy atom. The van der Waals surface area contributed by atoms with E-state index in [-0.39, 0.29) is 17.5 Å². The molecule has 152 valence electrons. The topological polar surface area (TPSA) is 59.8 Å². The van der Waals surface area contributed by atoms with Crippen LogP contribution in [0.15, 0.2) is 53.7 Å². The highest BCUT2D eigenvalue weighted by atomic mass is 35.5. The molecule has 0 fully saturated rings. The van der Waals surface area contributed by atoms with Crippen molar-refractivity contribution in [2.45, 2.75) is 32.1 Å². The van der Waals surface area contributed by atoms with Crippen LogP contribution < -0.4 is 5.32 Å². The third-order valence-electron chi connectivity index (χ3n) is 4.09. The Kier molecular flexibility index (Phi) is 7.28. The molecule has 0 radical (unpaired) electrons. The van der Waals surface area contributed by atoms with Crippen LogP contribution in [0.25, 0.3) is 11.4 Å². The zero-order valence-corrected chi connectivity index (χ0v) is 17.8. The Balaban J connectivity index is 1.68. The van der Waals surface area contributed by atoms with Crippen LogP contribution in [-0.4, -0.2) is 26.4 Å². The lowest BCUT2D eigenvalue weighted by molar-refractivity contribution is -0.118. The molecule has 8 heteroatoms. The van der Waals surface area contributed by atoms with Gasteiger partial charge in [0.15, 0.2) is 11.0 Å². The van der Waals surface area contributed by atoms with E-state index in [2.05, 4.69) is 29.4 Å². The molecule has 0 aliphatic carbocycles. The minimum atomic E-state index is -0.347. The van der Waals surface area contributed by atoms with Gasteiger partial charge in [-0.3, -0.25) is 4.79 Å². The van der Waals surface area contributed by atoms with Crippen LogP contribution in [0.5, 0.6) is 0 Å². The average molecular weight is 433 g/mol. The number of amides is 1. The third kappa shape index (κ3) is 5.81. The zero-order chi connectivity index (χ0) is 20.8. The first-order valence-electron chi connectivity index (χ1n) is 9.26. The van der Waals surface area contributed by atoms with E-state index in [1.807, 2.05) is 22.8 Å². The second-order valence-corrected chi connectivity index (χ2v) is 8.36. The average Bonchev–Trinajstić information content (AvgIpc) is 3.07. The van der Waals surface area contributed by atoms with E-state index in [1.54, 1.807) is 24.3 Å². The predicted octanol–water partition coefficient (Wildman–Crippen LogP) is 4.80. The fourth-order valence-electron chi connectivity index (χ4n) is 2.80. The molecule has 0 saturated carbocycles. The van der Waals surface area contributed by atoms with E-state index in [0.29, 0.717) is 40.6 Å². The molecular formula is C21H22ClFN4OS. The normalized spacial score (nSPS) is 11.1. The van der Waals surface area contributed by atoms with Gasteiger partial charge < -0.3 is 9.88 Å². The SMILES string of the molecule is CC(C)Cn1c(SCC(=O)NCc2cccc(Cl)c2)nnc1-c1ccccc1F. The molecule has 29 heavy (non-hydrogen) atoms. The summed E-state index contributed by atoms with van der Waals surface area (Å²) >= 11 is 7.25. The van der Waals surface area contributed by atoms with Crippen molar-refractivity contribution in [2.75, 3.05) is 5.75 Å². The van der Waals surface area contributed by atoms with Crippen LogP contribution in [0.2, 0.25) is 5.02 Å². The van der Waals surface area contributed by atoms with Crippen LogP contribution in [0, 0.1) is 11.7 Å². The molecule has 0 aliphatic heterocycles. The van der Waals surface area contributed by atoms with E-state index in [4.69, 9.17) is 11.6 Å². The Hall–Kier alpha value is -2.38. The van der Waals surface area contributed by atoms with Crippen molar-refractivity contribution in [1.29, 1.82) is 0 Å². The third-order valence-corrected chi connectivity index (χ3v) is 5.29. The maximum Gasteiger partial charge on any atom is 0.230 e. The summed E-state index contributed by atoms with van der Waals surface area (Å²) in [6, 6.07) is 13.8. The number of nitrogens with one attached hydrogen (secondary N) is 1. The first kappa shape index (κ1) is 21.3. The second kappa shape index (κ2) is 9.89. The summed E-state index contributed by atoms with van der Waals surface area (Å²) < 4.78 is 16.1. The van der Waals surface area contributed by atoms with Gasteiger partial charge in [0.1, 0.15) is 5.82 Å². The molecule has 0 unspecified atom stereocenters. The highest BCUT2D eigenvalue weighted by Gasteiger charge is 2.18. The Morgan fingerprint density at radius 1 is 1.21 bits per heavy atom. The summed E-state index contributed by atoms with van der Waals surface area (Å²) in [4.78, 5) is 12.3. The van der Waals surface area contributed by atoms with Crippen LogP contribution in [0.1, 0.15) is 19.4 Å². The van der Waals surface area contributed by atoms with Gasteiger partial charge in [-0.05, 0) is 35.7 Å². The summed E-state index contributed by atoms with van der Waals surface area (Å²) in [7, 11) is 0. The lowest BCUT2D eigenvalue weighted by atomic mass is 10.2. The van der Waals surface area contributed by atoms with Gasteiger partial charge in [-0.1, -0.05) is 61.5 Å². The van der Waals surface area contributed by atoms with Gasteiger partial charge in [0.25, 0.3) is 0 Å². The minimum Gasteiger partial charge on any atom is -0.351 e. The molecule has 2 aromatic carbocycles. The summed E-state index contributed by atoms with van der Waals surface area (Å²) in [5.41, 5.74) is 1.33. The summed E-state index contributed by atoms with van der Waals surface area (Å²) in [5.74, 6) is 0.502. The molecule has 5 nitrogen and oxygen atoms in total. The number of nitrogens with zero attached hydrogens (tertiary/aromatic N) is 3. The molecule has 1 N–H and O–H groups in total. The zero-order valence-electron chi connectivity index (χ0n) is 16.2. The molecule has 0 aliphatic rings. The van der Waals surface area contributed by atoms with E-state index >= 15 is 0 Å². The lowest BCUT2D eigenvalue weighted by Gasteiger charge is -2.13. The number of carbonyl (C=O) groups is 1. The summed E-state index contributed by atoms with van der Waals surface area (Å²) in [6.07, 6.45) is 0. The largest absolute Gasteiger partial charge is 0.351 e. The van der Waals surface area contributed by atoms with E-state index < -0.39 is 0 Å². The maximum atomic E-state index is 14.2. The molecular weight excluding hydrogens is 411 g/mol. The van der Waals surface area contributed by atoms with Crippen LogP contribution >= 0.6 is 23.4 Å². The molecule has 3 rings (SSSR count). The van der Waals surface area contributed by atoms with Gasteiger partial charge in [0, 0.05) is 18.1 Å². The lowest BCUT2D eigenvalue weighted by Crippen LogP contribution is -2.24. The van der Waals surface area contributed by atoms with Gasteiger partial charge in [0.2, 0.25) is 5.91 Å². The molecule has 0 saturated heterocycles. The molecule has 3 aromatic rings. The summed E-state index contributed by atoms with van der Waals surface area (Å²) in [6.45, 7) is 5.16. The Bertz CT molecular complexity index is 992. The molecule has 0 bridgehead atoms. The number of benzene rings is 2. The number of hydrogen-bond donors (Lipinski definition) is 1. The van der Waals surface area contributed by atoms with Crippen molar-refractivity contribution < 1.29 is 9.18 Å². The van der Waals surface area contributed by atoms with Gasteiger partial charge in [0.05, 0.1) is 11.3 Å². The number of carbonyl (C=O) groups excluding carboxylic acids is 1. The Morgan fingerprint density at radius 2 is 2.00 bits per heavy atom.